The minimum absolute atomic E-state index is 0.443. The van der Waals surface area contributed by atoms with E-state index in [0.717, 1.165) is 12.1 Å². The predicted octanol–water partition coefficient (Wildman–Crippen LogP) is 2.30. The lowest BCUT2D eigenvalue weighted by molar-refractivity contribution is 0.399. The molecule has 1 N–H and O–H groups in total. The van der Waals surface area contributed by atoms with Crippen molar-refractivity contribution in [3.63, 3.8) is 0 Å². The zero-order chi connectivity index (χ0) is 9.68. The molecule has 1 heterocycles. The van der Waals surface area contributed by atoms with Crippen LogP contribution in [0.15, 0.2) is 18.3 Å². The number of aromatic nitrogens is 1. The molecule has 0 saturated carbocycles. The number of nitrogens with one attached hydrogen (secondary N) is 1. The van der Waals surface area contributed by atoms with Crippen molar-refractivity contribution in [3.05, 3.63) is 18.3 Å². The molecule has 0 radical (unpaired) electrons. The van der Waals surface area contributed by atoms with Crippen LogP contribution in [0.2, 0.25) is 0 Å². The number of pyridine rings is 1. The fourth-order valence-corrected chi connectivity index (χ4v) is 1.03. The van der Waals surface area contributed by atoms with E-state index in [1.807, 2.05) is 12.1 Å². The Balaban J connectivity index is 2.74. The average molecular weight is 180 g/mol. The highest BCUT2D eigenvalue weighted by Gasteiger charge is 2.04. The molecule has 0 bridgehead atoms. The van der Waals surface area contributed by atoms with E-state index in [1.54, 1.807) is 13.3 Å². The van der Waals surface area contributed by atoms with Crippen molar-refractivity contribution < 1.29 is 4.74 Å². The summed E-state index contributed by atoms with van der Waals surface area (Å²) in [6.45, 7) is 4.27. The maximum atomic E-state index is 5.12. The molecular weight excluding hydrogens is 164 g/mol. The largest absolute Gasteiger partial charge is 0.480 e. The third kappa shape index (κ3) is 2.61. The summed E-state index contributed by atoms with van der Waals surface area (Å²) >= 11 is 0. The third-order valence-corrected chi connectivity index (χ3v) is 1.98. The molecule has 1 atom stereocenters. The molecule has 72 valence electrons. The molecule has 1 aromatic rings. The number of methoxy groups -OCH3 is 1. The Morgan fingerprint density at radius 1 is 1.62 bits per heavy atom. The number of anilines is 1. The van der Waals surface area contributed by atoms with E-state index < -0.39 is 0 Å². The second-order valence-corrected chi connectivity index (χ2v) is 3.01. The maximum absolute atomic E-state index is 5.12. The van der Waals surface area contributed by atoms with Gasteiger partial charge in [0, 0.05) is 12.2 Å². The summed E-state index contributed by atoms with van der Waals surface area (Å²) in [4.78, 5) is 4.10. The van der Waals surface area contributed by atoms with Crippen molar-refractivity contribution in [1.82, 2.24) is 4.98 Å². The van der Waals surface area contributed by atoms with E-state index in [2.05, 4.69) is 24.1 Å². The van der Waals surface area contributed by atoms with Gasteiger partial charge in [0.05, 0.1) is 12.8 Å². The van der Waals surface area contributed by atoms with Crippen LogP contribution in [-0.2, 0) is 0 Å². The normalized spacial score (nSPS) is 12.2. The van der Waals surface area contributed by atoms with Crippen molar-refractivity contribution in [2.45, 2.75) is 26.3 Å². The van der Waals surface area contributed by atoms with E-state index in [9.17, 15) is 0 Å². The smallest absolute Gasteiger partial charge is 0.237 e. The molecule has 0 saturated heterocycles. The molecule has 0 spiro atoms. The van der Waals surface area contributed by atoms with Crippen LogP contribution in [-0.4, -0.2) is 18.1 Å². The number of ether oxygens (including phenoxy) is 1. The zero-order valence-corrected chi connectivity index (χ0v) is 8.37. The molecule has 0 aliphatic rings. The lowest BCUT2D eigenvalue weighted by Gasteiger charge is -2.14. The first kappa shape index (κ1) is 9.84. The predicted molar refractivity (Wildman–Crippen MR) is 54.2 cm³/mol. The lowest BCUT2D eigenvalue weighted by Crippen LogP contribution is -2.14. The Bertz CT molecular complexity index is 263. The van der Waals surface area contributed by atoms with Gasteiger partial charge in [0.1, 0.15) is 0 Å². The van der Waals surface area contributed by atoms with Gasteiger partial charge in [-0.05, 0) is 25.5 Å². The molecule has 1 aromatic heterocycles. The zero-order valence-electron chi connectivity index (χ0n) is 8.37. The van der Waals surface area contributed by atoms with Crippen LogP contribution in [0, 0.1) is 0 Å². The summed E-state index contributed by atoms with van der Waals surface area (Å²) in [6.07, 6.45) is 2.80. The van der Waals surface area contributed by atoms with Gasteiger partial charge in [0.25, 0.3) is 0 Å². The van der Waals surface area contributed by atoms with E-state index in [-0.39, 0.29) is 0 Å². The minimum atomic E-state index is 0.443. The van der Waals surface area contributed by atoms with E-state index in [1.165, 1.54) is 0 Å². The monoisotopic (exact) mass is 180 g/mol. The molecular formula is C10H16N2O. The Morgan fingerprint density at radius 2 is 2.38 bits per heavy atom. The maximum Gasteiger partial charge on any atom is 0.237 e. The van der Waals surface area contributed by atoms with Crippen LogP contribution in [0.3, 0.4) is 0 Å². The highest BCUT2D eigenvalue weighted by molar-refractivity contribution is 5.52. The van der Waals surface area contributed by atoms with Gasteiger partial charge in [-0.1, -0.05) is 6.92 Å². The summed E-state index contributed by atoms with van der Waals surface area (Å²) in [5.41, 5.74) is 0.958. The number of rotatable bonds is 4. The van der Waals surface area contributed by atoms with Gasteiger partial charge in [0.15, 0.2) is 0 Å². The van der Waals surface area contributed by atoms with Crippen molar-refractivity contribution in [3.8, 4) is 5.88 Å². The van der Waals surface area contributed by atoms with Crippen molar-refractivity contribution in [2.75, 3.05) is 12.4 Å². The van der Waals surface area contributed by atoms with Gasteiger partial charge < -0.3 is 10.1 Å². The fraction of sp³-hybridized carbons (Fsp3) is 0.500. The molecule has 0 aromatic carbocycles. The number of hydrogen-bond donors (Lipinski definition) is 1. The van der Waals surface area contributed by atoms with Crippen molar-refractivity contribution in [1.29, 1.82) is 0 Å². The lowest BCUT2D eigenvalue weighted by atomic mass is 10.2. The second kappa shape index (κ2) is 4.70. The topological polar surface area (TPSA) is 34.2 Å². The number of hydrogen-bond acceptors (Lipinski definition) is 3. The SMILES string of the molecule is CC[C@H](C)Nc1cccnc1OC. The Hall–Kier alpha value is -1.25. The van der Waals surface area contributed by atoms with Gasteiger partial charge in [0.2, 0.25) is 5.88 Å². The minimum Gasteiger partial charge on any atom is -0.480 e. The summed E-state index contributed by atoms with van der Waals surface area (Å²) < 4.78 is 5.12. The first-order chi connectivity index (χ1) is 6.27. The molecule has 0 amide bonds. The van der Waals surface area contributed by atoms with Gasteiger partial charge in [-0.2, -0.15) is 0 Å². The highest BCUT2D eigenvalue weighted by Crippen LogP contribution is 2.20. The molecule has 3 heteroatoms. The standard InChI is InChI=1S/C10H16N2O/c1-4-8(2)12-9-6-5-7-11-10(9)13-3/h5-8,12H,4H2,1-3H3/t8-/m0/s1. The molecule has 3 nitrogen and oxygen atoms in total. The van der Waals surface area contributed by atoms with Gasteiger partial charge in [-0.15, -0.1) is 0 Å². The van der Waals surface area contributed by atoms with E-state index in [0.29, 0.717) is 11.9 Å². The Labute approximate surface area is 79.1 Å². The molecule has 1 rings (SSSR count). The van der Waals surface area contributed by atoms with E-state index in [4.69, 9.17) is 4.74 Å². The summed E-state index contributed by atoms with van der Waals surface area (Å²) in [5.74, 6) is 0.655. The molecule has 0 aliphatic carbocycles. The summed E-state index contributed by atoms with van der Waals surface area (Å²) in [5, 5.41) is 3.32. The summed E-state index contributed by atoms with van der Waals surface area (Å²) in [7, 11) is 1.63. The molecule has 0 aliphatic heterocycles. The first-order valence-electron chi connectivity index (χ1n) is 4.53. The fourth-order valence-electron chi connectivity index (χ4n) is 1.03. The van der Waals surface area contributed by atoms with Crippen LogP contribution in [0.5, 0.6) is 5.88 Å². The van der Waals surface area contributed by atoms with Crippen molar-refractivity contribution >= 4 is 5.69 Å². The van der Waals surface area contributed by atoms with Crippen LogP contribution < -0.4 is 10.1 Å². The van der Waals surface area contributed by atoms with Gasteiger partial charge in [-0.25, -0.2) is 4.98 Å². The quantitative estimate of drug-likeness (QED) is 0.772. The Morgan fingerprint density at radius 3 is 3.00 bits per heavy atom. The van der Waals surface area contributed by atoms with E-state index >= 15 is 0 Å². The van der Waals surface area contributed by atoms with Gasteiger partial charge >= 0.3 is 0 Å². The number of nitrogens with zero attached hydrogens (tertiary/aromatic N) is 1. The first-order valence-corrected chi connectivity index (χ1v) is 4.53. The highest BCUT2D eigenvalue weighted by atomic mass is 16.5. The van der Waals surface area contributed by atoms with Crippen molar-refractivity contribution in [2.24, 2.45) is 0 Å². The molecule has 0 fully saturated rings. The average Bonchev–Trinajstić information content (AvgIpc) is 2.18. The third-order valence-electron chi connectivity index (χ3n) is 1.98. The van der Waals surface area contributed by atoms with Crippen LogP contribution >= 0.6 is 0 Å². The van der Waals surface area contributed by atoms with Crippen LogP contribution in [0.4, 0.5) is 5.69 Å². The molecule has 0 unspecified atom stereocenters. The van der Waals surface area contributed by atoms with Crippen LogP contribution in [0.25, 0.3) is 0 Å². The second-order valence-electron chi connectivity index (χ2n) is 3.01. The van der Waals surface area contributed by atoms with Gasteiger partial charge in [-0.3, -0.25) is 0 Å². The Kier molecular flexibility index (Phi) is 3.55. The molecule has 13 heavy (non-hydrogen) atoms. The summed E-state index contributed by atoms with van der Waals surface area (Å²) in [6, 6.07) is 4.31. The van der Waals surface area contributed by atoms with Crippen LogP contribution in [0.1, 0.15) is 20.3 Å².